The van der Waals surface area contributed by atoms with E-state index in [-0.39, 0.29) is 5.25 Å². The van der Waals surface area contributed by atoms with Crippen LogP contribution in [0, 0.1) is 0 Å². The molecule has 2 unspecified atom stereocenters. The van der Waals surface area contributed by atoms with Gasteiger partial charge in [-0.3, -0.25) is 0 Å². The molecule has 1 aromatic rings. The molecule has 5 nitrogen and oxygen atoms in total. The van der Waals surface area contributed by atoms with Crippen LogP contribution in [0.5, 0.6) is 0 Å². The van der Waals surface area contributed by atoms with E-state index in [4.69, 9.17) is 4.74 Å². The van der Waals surface area contributed by atoms with Crippen LogP contribution in [0.4, 0.5) is 4.79 Å². The van der Waals surface area contributed by atoms with Crippen molar-refractivity contribution in [3.63, 3.8) is 0 Å². The molecule has 0 aliphatic rings. The molecule has 122 valence electrons. The Kier molecular flexibility index (Phi) is 6.74. The van der Waals surface area contributed by atoms with Crippen LogP contribution in [0.15, 0.2) is 30.3 Å². The second kappa shape index (κ2) is 8.08. The van der Waals surface area contributed by atoms with Crippen molar-refractivity contribution in [2.45, 2.75) is 44.1 Å². The van der Waals surface area contributed by atoms with E-state index in [9.17, 15) is 14.7 Å². The van der Waals surface area contributed by atoms with Gasteiger partial charge in [-0.25, -0.2) is 9.59 Å². The van der Waals surface area contributed by atoms with Crippen LogP contribution >= 0.6 is 11.8 Å². The van der Waals surface area contributed by atoms with Gasteiger partial charge in [-0.1, -0.05) is 30.3 Å². The van der Waals surface area contributed by atoms with Crippen LogP contribution in [-0.4, -0.2) is 40.3 Å². The lowest BCUT2D eigenvalue weighted by Crippen LogP contribution is -2.49. The van der Waals surface area contributed by atoms with Gasteiger partial charge in [-0.15, -0.1) is 0 Å². The Bertz CT molecular complexity index is 499. The molecule has 0 saturated carbocycles. The van der Waals surface area contributed by atoms with Gasteiger partial charge in [0.25, 0.3) is 0 Å². The van der Waals surface area contributed by atoms with Crippen molar-refractivity contribution in [3.8, 4) is 0 Å². The molecule has 0 aliphatic heterocycles. The van der Waals surface area contributed by atoms with Gasteiger partial charge in [0.15, 0.2) is 0 Å². The first-order valence-electron chi connectivity index (χ1n) is 7.02. The second-order valence-corrected chi connectivity index (χ2v) is 7.00. The summed E-state index contributed by atoms with van der Waals surface area (Å²) in [6, 6.07) is 8.59. The van der Waals surface area contributed by atoms with E-state index < -0.39 is 23.7 Å². The first-order chi connectivity index (χ1) is 10.2. The minimum Gasteiger partial charge on any atom is -0.480 e. The predicted molar refractivity (Wildman–Crippen MR) is 88.2 cm³/mol. The fourth-order valence-electron chi connectivity index (χ4n) is 1.93. The lowest BCUT2D eigenvalue weighted by Gasteiger charge is -2.26. The van der Waals surface area contributed by atoms with E-state index >= 15 is 0 Å². The van der Waals surface area contributed by atoms with Crippen LogP contribution in [0.25, 0.3) is 0 Å². The summed E-state index contributed by atoms with van der Waals surface area (Å²) < 4.78 is 5.14. The van der Waals surface area contributed by atoms with Crippen LogP contribution in [-0.2, 0) is 16.0 Å². The average Bonchev–Trinajstić information content (AvgIpc) is 2.41. The van der Waals surface area contributed by atoms with Crippen molar-refractivity contribution in [2.75, 3.05) is 6.26 Å². The lowest BCUT2D eigenvalue weighted by atomic mass is 10.0. The maximum absolute atomic E-state index is 11.8. The topological polar surface area (TPSA) is 75.6 Å². The molecule has 0 fully saturated rings. The van der Waals surface area contributed by atoms with Gasteiger partial charge in [0.05, 0.1) is 0 Å². The van der Waals surface area contributed by atoms with E-state index in [0.717, 1.165) is 5.56 Å². The lowest BCUT2D eigenvalue weighted by molar-refractivity contribution is -0.139. The summed E-state index contributed by atoms with van der Waals surface area (Å²) in [5.74, 6) is -1.07. The highest BCUT2D eigenvalue weighted by molar-refractivity contribution is 7.99. The summed E-state index contributed by atoms with van der Waals surface area (Å²) >= 11 is 1.41. The minimum atomic E-state index is -1.07. The number of rotatable bonds is 6. The maximum Gasteiger partial charge on any atom is 0.408 e. The minimum absolute atomic E-state index is 0.285. The third-order valence-electron chi connectivity index (χ3n) is 2.89. The predicted octanol–water partition coefficient (Wildman–Crippen LogP) is 2.94. The molecule has 0 bridgehead atoms. The number of benzene rings is 1. The molecule has 2 atom stereocenters. The Labute approximate surface area is 135 Å². The summed E-state index contributed by atoms with van der Waals surface area (Å²) in [4.78, 5) is 23.3. The van der Waals surface area contributed by atoms with E-state index in [0.29, 0.717) is 6.42 Å². The fraction of sp³-hybridized carbons (Fsp3) is 0.500. The molecule has 0 heterocycles. The number of alkyl carbamates (subject to hydrolysis) is 1. The quantitative estimate of drug-likeness (QED) is 0.841. The van der Waals surface area contributed by atoms with Gasteiger partial charge < -0.3 is 15.2 Å². The molecular formula is C16H23NO4S. The average molecular weight is 325 g/mol. The van der Waals surface area contributed by atoms with Gasteiger partial charge in [0, 0.05) is 5.25 Å². The molecule has 0 aromatic heterocycles. The molecular weight excluding hydrogens is 302 g/mol. The monoisotopic (exact) mass is 325 g/mol. The summed E-state index contributed by atoms with van der Waals surface area (Å²) in [6.07, 6.45) is 1.67. The zero-order chi connectivity index (χ0) is 16.8. The fourth-order valence-corrected chi connectivity index (χ4v) is 2.75. The van der Waals surface area contributed by atoms with E-state index in [1.807, 2.05) is 36.6 Å². The Hall–Kier alpha value is -1.69. The molecule has 0 radical (unpaired) electrons. The highest BCUT2D eigenvalue weighted by Crippen LogP contribution is 2.18. The number of amides is 1. The molecule has 0 spiro atoms. The molecule has 22 heavy (non-hydrogen) atoms. The summed E-state index contributed by atoms with van der Waals surface area (Å²) in [7, 11) is 0. The zero-order valence-electron chi connectivity index (χ0n) is 13.3. The van der Waals surface area contributed by atoms with Crippen molar-refractivity contribution in [2.24, 2.45) is 0 Å². The Morgan fingerprint density at radius 2 is 1.86 bits per heavy atom. The molecule has 1 rings (SSSR count). The normalized spacial score (nSPS) is 14.0. The van der Waals surface area contributed by atoms with Gasteiger partial charge in [0.2, 0.25) is 0 Å². The number of carboxylic acid groups (broad SMARTS) is 1. The zero-order valence-corrected chi connectivity index (χ0v) is 14.1. The van der Waals surface area contributed by atoms with Gasteiger partial charge in [0.1, 0.15) is 11.6 Å². The van der Waals surface area contributed by atoms with Crippen LogP contribution in [0.1, 0.15) is 26.3 Å². The molecule has 1 aromatic carbocycles. The van der Waals surface area contributed by atoms with Crippen molar-refractivity contribution >= 4 is 23.8 Å². The number of hydrogen-bond donors (Lipinski definition) is 2. The largest absolute Gasteiger partial charge is 0.480 e. The molecule has 6 heteroatoms. The molecule has 0 aliphatic carbocycles. The van der Waals surface area contributed by atoms with Crippen molar-refractivity contribution in [1.29, 1.82) is 0 Å². The van der Waals surface area contributed by atoms with Gasteiger partial charge in [-0.05, 0) is 39.0 Å². The Balaban J connectivity index is 2.79. The SMILES string of the molecule is CSC(Cc1ccccc1)C(NC(=O)OC(C)(C)C)C(=O)O. The van der Waals surface area contributed by atoms with E-state index in [2.05, 4.69) is 5.32 Å². The third kappa shape index (κ3) is 6.39. The first kappa shape index (κ1) is 18.4. The Morgan fingerprint density at radius 3 is 2.32 bits per heavy atom. The highest BCUT2D eigenvalue weighted by Gasteiger charge is 2.31. The number of carboxylic acids is 1. The van der Waals surface area contributed by atoms with Crippen LogP contribution in [0.3, 0.4) is 0 Å². The smallest absolute Gasteiger partial charge is 0.408 e. The summed E-state index contributed by atoms with van der Waals surface area (Å²) in [5, 5.41) is 11.6. The number of carbonyl (C=O) groups excluding carboxylic acids is 1. The molecule has 2 N–H and O–H groups in total. The van der Waals surface area contributed by atoms with Crippen LogP contribution in [0.2, 0.25) is 0 Å². The maximum atomic E-state index is 11.8. The number of ether oxygens (including phenoxy) is 1. The number of nitrogens with one attached hydrogen (secondary N) is 1. The third-order valence-corrected chi connectivity index (χ3v) is 3.94. The molecule has 0 saturated heterocycles. The van der Waals surface area contributed by atoms with E-state index in [1.54, 1.807) is 20.8 Å². The summed E-state index contributed by atoms with van der Waals surface area (Å²) in [6.45, 7) is 5.20. The summed E-state index contributed by atoms with van der Waals surface area (Å²) in [5.41, 5.74) is 0.362. The van der Waals surface area contributed by atoms with Gasteiger partial charge in [-0.2, -0.15) is 11.8 Å². The van der Waals surface area contributed by atoms with Crippen molar-refractivity contribution < 1.29 is 19.4 Å². The number of hydrogen-bond acceptors (Lipinski definition) is 4. The standard InChI is InChI=1S/C16H23NO4S/c1-16(2,3)21-15(20)17-13(14(18)19)12(22-4)10-11-8-6-5-7-9-11/h5-9,12-13H,10H2,1-4H3,(H,17,20)(H,18,19). The number of thioether (sulfide) groups is 1. The number of carbonyl (C=O) groups is 2. The van der Waals surface area contributed by atoms with Crippen molar-refractivity contribution in [3.05, 3.63) is 35.9 Å². The first-order valence-corrected chi connectivity index (χ1v) is 8.31. The van der Waals surface area contributed by atoms with E-state index in [1.165, 1.54) is 11.8 Å². The number of aliphatic carboxylic acids is 1. The van der Waals surface area contributed by atoms with Crippen molar-refractivity contribution in [1.82, 2.24) is 5.32 Å². The second-order valence-electron chi connectivity index (χ2n) is 5.93. The highest BCUT2D eigenvalue weighted by atomic mass is 32.2. The molecule has 1 amide bonds. The van der Waals surface area contributed by atoms with Crippen LogP contribution < -0.4 is 5.32 Å². The van der Waals surface area contributed by atoms with Gasteiger partial charge >= 0.3 is 12.1 Å². The Morgan fingerprint density at radius 1 is 1.27 bits per heavy atom.